The topological polar surface area (TPSA) is 62.7 Å². The molecule has 0 radical (unpaired) electrons. The Morgan fingerprint density at radius 2 is 1.86 bits per heavy atom. The van der Waals surface area contributed by atoms with Crippen molar-refractivity contribution in [2.45, 2.75) is 66.9 Å². The third-order valence-electron chi connectivity index (χ3n) is 5.89. The fourth-order valence-electron chi connectivity index (χ4n) is 4.05. The van der Waals surface area contributed by atoms with E-state index >= 15 is 0 Å². The van der Waals surface area contributed by atoms with Crippen LogP contribution in [0.3, 0.4) is 0 Å². The fourth-order valence-corrected chi connectivity index (χ4v) is 4.05. The van der Waals surface area contributed by atoms with Crippen LogP contribution in [0, 0.1) is 34.6 Å². The Balaban J connectivity index is 2.01. The van der Waals surface area contributed by atoms with Crippen LogP contribution in [-0.4, -0.2) is 28.1 Å². The zero-order valence-corrected chi connectivity index (χ0v) is 17.9. The average Bonchev–Trinajstić information content (AvgIpc) is 2.64. The molecular formula is C23H30N2O3. The standard InChI is InChI=1S/C23H30N2O3/c1-8-25(19-12-13(2)11-14(3)24-19)22(27)23(7)10-9-18-17(6)20(26)15(4)16(5)21(18)28-23/h11-12,26H,8-10H2,1-7H3. The summed E-state index contributed by atoms with van der Waals surface area (Å²) in [5.74, 6) is 1.64. The molecule has 1 aromatic carbocycles. The Kier molecular flexibility index (Phi) is 5.13. The van der Waals surface area contributed by atoms with E-state index in [4.69, 9.17) is 4.74 Å². The van der Waals surface area contributed by atoms with Gasteiger partial charge < -0.3 is 9.84 Å². The minimum absolute atomic E-state index is 0.0825. The number of aryl methyl sites for hydroxylation is 2. The monoisotopic (exact) mass is 382 g/mol. The summed E-state index contributed by atoms with van der Waals surface area (Å²) >= 11 is 0. The number of amides is 1. The number of pyridine rings is 1. The number of rotatable bonds is 3. The van der Waals surface area contributed by atoms with Gasteiger partial charge in [0, 0.05) is 24.2 Å². The van der Waals surface area contributed by atoms with E-state index in [-0.39, 0.29) is 5.91 Å². The molecule has 0 aliphatic carbocycles. The van der Waals surface area contributed by atoms with Gasteiger partial charge in [-0.25, -0.2) is 4.98 Å². The first-order valence-corrected chi connectivity index (χ1v) is 9.87. The molecule has 0 bridgehead atoms. The van der Waals surface area contributed by atoms with Crippen molar-refractivity contribution in [3.63, 3.8) is 0 Å². The summed E-state index contributed by atoms with van der Waals surface area (Å²) in [5, 5.41) is 10.4. The van der Waals surface area contributed by atoms with Gasteiger partial charge in [-0.2, -0.15) is 0 Å². The SMILES string of the molecule is CCN(C(=O)C1(C)CCc2c(C)c(O)c(C)c(C)c2O1)c1cc(C)cc(C)n1. The molecule has 5 nitrogen and oxygen atoms in total. The van der Waals surface area contributed by atoms with Crippen molar-refractivity contribution in [3.05, 3.63) is 45.6 Å². The van der Waals surface area contributed by atoms with Crippen molar-refractivity contribution in [2.75, 3.05) is 11.4 Å². The lowest BCUT2D eigenvalue weighted by Gasteiger charge is -2.39. The van der Waals surface area contributed by atoms with E-state index in [0.717, 1.165) is 39.3 Å². The number of carbonyl (C=O) groups is 1. The summed E-state index contributed by atoms with van der Waals surface area (Å²) in [6.07, 6.45) is 1.25. The zero-order chi connectivity index (χ0) is 20.8. The molecule has 1 aromatic heterocycles. The van der Waals surface area contributed by atoms with Crippen molar-refractivity contribution in [3.8, 4) is 11.5 Å². The van der Waals surface area contributed by atoms with Gasteiger partial charge in [0.1, 0.15) is 17.3 Å². The Bertz CT molecular complexity index is 931. The van der Waals surface area contributed by atoms with Crippen LogP contribution >= 0.6 is 0 Å². The highest BCUT2D eigenvalue weighted by Gasteiger charge is 2.43. The number of ether oxygens (including phenoxy) is 1. The van der Waals surface area contributed by atoms with Crippen LogP contribution in [-0.2, 0) is 11.2 Å². The van der Waals surface area contributed by atoms with E-state index in [9.17, 15) is 9.90 Å². The largest absolute Gasteiger partial charge is 0.507 e. The highest BCUT2D eigenvalue weighted by Crippen LogP contribution is 2.43. The second-order valence-electron chi connectivity index (χ2n) is 8.06. The molecule has 0 saturated carbocycles. The lowest BCUT2D eigenvalue weighted by atomic mass is 9.86. The molecule has 2 heterocycles. The number of hydrogen-bond donors (Lipinski definition) is 1. The lowest BCUT2D eigenvalue weighted by molar-refractivity contribution is -0.134. The van der Waals surface area contributed by atoms with Crippen molar-refractivity contribution in [1.82, 2.24) is 4.98 Å². The van der Waals surface area contributed by atoms with Crippen LogP contribution in [0.25, 0.3) is 0 Å². The number of likely N-dealkylation sites (N-methyl/N-ethyl adjacent to an activating group) is 1. The van der Waals surface area contributed by atoms with Crippen LogP contribution < -0.4 is 9.64 Å². The first kappa shape index (κ1) is 20.2. The maximum absolute atomic E-state index is 13.5. The molecule has 1 aliphatic rings. The van der Waals surface area contributed by atoms with E-state index < -0.39 is 5.60 Å². The van der Waals surface area contributed by atoms with Gasteiger partial charge in [-0.1, -0.05) is 0 Å². The Labute approximate surface area is 167 Å². The second kappa shape index (κ2) is 7.12. The molecule has 1 N–H and O–H groups in total. The highest BCUT2D eigenvalue weighted by atomic mass is 16.5. The number of aromatic nitrogens is 1. The van der Waals surface area contributed by atoms with Crippen molar-refractivity contribution in [1.29, 1.82) is 0 Å². The molecule has 1 amide bonds. The predicted molar refractivity (Wildman–Crippen MR) is 111 cm³/mol. The number of phenolic OH excluding ortho intramolecular Hbond substituents is 1. The summed E-state index contributed by atoms with van der Waals surface area (Å²) in [5.41, 5.74) is 4.53. The Hall–Kier alpha value is -2.56. The first-order chi connectivity index (χ1) is 13.1. The third-order valence-corrected chi connectivity index (χ3v) is 5.89. The number of fused-ring (bicyclic) bond motifs is 1. The van der Waals surface area contributed by atoms with E-state index in [1.807, 2.05) is 60.6 Å². The van der Waals surface area contributed by atoms with Crippen LogP contribution in [0.2, 0.25) is 0 Å². The first-order valence-electron chi connectivity index (χ1n) is 9.87. The third kappa shape index (κ3) is 3.23. The summed E-state index contributed by atoms with van der Waals surface area (Å²) in [7, 11) is 0. The molecule has 28 heavy (non-hydrogen) atoms. The molecule has 5 heteroatoms. The molecular weight excluding hydrogens is 352 g/mol. The summed E-state index contributed by atoms with van der Waals surface area (Å²) in [4.78, 5) is 19.8. The van der Waals surface area contributed by atoms with Gasteiger partial charge in [0.05, 0.1) is 0 Å². The van der Waals surface area contributed by atoms with E-state index in [0.29, 0.717) is 31.0 Å². The van der Waals surface area contributed by atoms with Crippen LogP contribution in [0.15, 0.2) is 12.1 Å². The fraction of sp³-hybridized carbons (Fsp3) is 0.478. The predicted octanol–water partition coefficient (Wildman–Crippen LogP) is 4.47. The second-order valence-corrected chi connectivity index (χ2v) is 8.06. The molecule has 0 saturated heterocycles. The average molecular weight is 383 g/mol. The van der Waals surface area contributed by atoms with E-state index in [1.54, 1.807) is 4.90 Å². The van der Waals surface area contributed by atoms with Gasteiger partial charge in [0.2, 0.25) is 0 Å². The highest BCUT2D eigenvalue weighted by molar-refractivity contribution is 5.99. The number of anilines is 1. The van der Waals surface area contributed by atoms with Crippen molar-refractivity contribution in [2.24, 2.45) is 0 Å². The van der Waals surface area contributed by atoms with Gasteiger partial charge >= 0.3 is 0 Å². The molecule has 3 rings (SSSR count). The summed E-state index contributed by atoms with van der Waals surface area (Å²) in [6.45, 7) is 14.0. The zero-order valence-electron chi connectivity index (χ0n) is 17.9. The van der Waals surface area contributed by atoms with Crippen molar-refractivity contribution >= 4 is 11.7 Å². The number of nitrogens with zero attached hydrogens (tertiary/aromatic N) is 2. The summed E-state index contributed by atoms with van der Waals surface area (Å²) < 4.78 is 6.36. The maximum atomic E-state index is 13.5. The number of carbonyl (C=O) groups excluding carboxylic acids is 1. The molecule has 1 atom stereocenters. The van der Waals surface area contributed by atoms with Gasteiger partial charge in [0.15, 0.2) is 5.60 Å². The van der Waals surface area contributed by atoms with Gasteiger partial charge in [-0.15, -0.1) is 0 Å². The minimum atomic E-state index is -0.969. The van der Waals surface area contributed by atoms with Gasteiger partial charge in [0.25, 0.3) is 5.91 Å². The van der Waals surface area contributed by atoms with Crippen molar-refractivity contribution < 1.29 is 14.6 Å². The Morgan fingerprint density at radius 1 is 1.18 bits per heavy atom. The summed E-state index contributed by atoms with van der Waals surface area (Å²) in [6, 6.07) is 3.93. The van der Waals surface area contributed by atoms with Crippen LogP contribution in [0.1, 0.15) is 53.8 Å². The van der Waals surface area contributed by atoms with Crippen LogP contribution in [0.5, 0.6) is 11.5 Å². The Morgan fingerprint density at radius 3 is 2.46 bits per heavy atom. The molecule has 1 unspecified atom stereocenters. The number of aromatic hydroxyl groups is 1. The molecule has 0 spiro atoms. The van der Waals surface area contributed by atoms with Gasteiger partial charge in [-0.05, 0) is 89.3 Å². The molecule has 150 valence electrons. The molecule has 2 aromatic rings. The lowest BCUT2D eigenvalue weighted by Crippen LogP contribution is -2.53. The quantitative estimate of drug-likeness (QED) is 0.851. The molecule has 0 fully saturated rings. The van der Waals surface area contributed by atoms with Crippen LogP contribution in [0.4, 0.5) is 5.82 Å². The number of hydrogen-bond acceptors (Lipinski definition) is 4. The number of phenols is 1. The number of benzene rings is 1. The minimum Gasteiger partial charge on any atom is -0.507 e. The van der Waals surface area contributed by atoms with E-state index in [2.05, 4.69) is 4.98 Å². The van der Waals surface area contributed by atoms with E-state index in [1.165, 1.54) is 0 Å². The van der Waals surface area contributed by atoms with Gasteiger partial charge in [-0.3, -0.25) is 9.69 Å². The maximum Gasteiger partial charge on any atom is 0.272 e. The normalized spacial score (nSPS) is 18.4. The molecule has 1 aliphatic heterocycles. The smallest absolute Gasteiger partial charge is 0.272 e.